The van der Waals surface area contributed by atoms with E-state index >= 15 is 0 Å². The highest BCUT2D eigenvalue weighted by Crippen LogP contribution is 2.32. The number of nitrogens with one attached hydrogen (secondary N) is 1. The predicted octanol–water partition coefficient (Wildman–Crippen LogP) is 2.25. The summed E-state index contributed by atoms with van der Waals surface area (Å²) >= 11 is 0. The third kappa shape index (κ3) is 1.77. The van der Waals surface area contributed by atoms with Crippen molar-refractivity contribution in [2.24, 2.45) is 0 Å². The molecule has 1 unspecified atom stereocenters. The van der Waals surface area contributed by atoms with E-state index in [-0.39, 0.29) is 6.10 Å². The molecule has 0 saturated carbocycles. The first-order valence-corrected chi connectivity index (χ1v) is 6.52. The Morgan fingerprint density at radius 3 is 3.06 bits per heavy atom. The fraction of sp³-hybridized carbons (Fsp3) is 0.500. The van der Waals surface area contributed by atoms with Crippen LogP contribution in [0.2, 0.25) is 0 Å². The number of aliphatic hydroxyl groups excluding tert-OH is 1. The van der Waals surface area contributed by atoms with Crippen LogP contribution >= 0.6 is 0 Å². The number of rotatable bonds is 2. The molecule has 0 aliphatic heterocycles. The Bertz CT molecular complexity index is 568. The van der Waals surface area contributed by atoms with Crippen molar-refractivity contribution in [3.05, 3.63) is 40.5 Å². The second-order valence-corrected chi connectivity index (χ2v) is 5.20. The molecule has 2 aromatic rings. The Balaban J connectivity index is 2.00. The molecule has 18 heavy (non-hydrogen) atoms. The van der Waals surface area contributed by atoms with Gasteiger partial charge in [-0.2, -0.15) is 5.10 Å². The summed E-state index contributed by atoms with van der Waals surface area (Å²) in [6, 6.07) is 2.13. The average Bonchev–Trinajstić information content (AvgIpc) is 2.87. The number of aromatic amines is 1. The normalized spacial score (nSPS) is 18.9. The monoisotopic (exact) mass is 245 g/mol. The van der Waals surface area contributed by atoms with Crippen molar-refractivity contribution < 1.29 is 5.11 Å². The molecule has 96 valence electrons. The van der Waals surface area contributed by atoms with Gasteiger partial charge in [0.1, 0.15) is 0 Å². The van der Waals surface area contributed by atoms with Gasteiger partial charge >= 0.3 is 0 Å². The van der Waals surface area contributed by atoms with Gasteiger partial charge in [-0.05, 0) is 39.2 Å². The van der Waals surface area contributed by atoms with Crippen molar-refractivity contribution in [3.8, 4) is 0 Å². The summed E-state index contributed by atoms with van der Waals surface area (Å²) < 4.78 is 2.32. The first-order chi connectivity index (χ1) is 8.66. The minimum Gasteiger partial charge on any atom is -0.388 e. The van der Waals surface area contributed by atoms with Crippen LogP contribution in [0.25, 0.3) is 0 Å². The highest BCUT2D eigenvalue weighted by molar-refractivity contribution is 5.33. The van der Waals surface area contributed by atoms with Crippen molar-refractivity contribution >= 4 is 0 Å². The summed E-state index contributed by atoms with van der Waals surface area (Å²) in [5, 5.41) is 17.1. The van der Waals surface area contributed by atoms with Gasteiger partial charge < -0.3 is 9.67 Å². The molecule has 2 N–H and O–H groups in total. The van der Waals surface area contributed by atoms with Crippen LogP contribution in [0.3, 0.4) is 0 Å². The van der Waals surface area contributed by atoms with Crippen LogP contribution in [0.4, 0.5) is 0 Å². The number of nitrogens with zero attached hydrogens (tertiary/aromatic N) is 2. The molecule has 3 rings (SSSR count). The number of aryl methyl sites for hydroxylation is 2. The lowest BCUT2D eigenvalue weighted by Crippen LogP contribution is -2.13. The number of aromatic nitrogens is 3. The number of aliphatic hydroxyl groups is 1. The number of fused-ring (bicyclic) bond motifs is 1. The van der Waals surface area contributed by atoms with Gasteiger partial charge in [-0.3, -0.25) is 5.10 Å². The number of hydrogen-bond acceptors (Lipinski definition) is 2. The molecule has 4 nitrogen and oxygen atoms in total. The molecule has 2 heterocycles. The molecule has 1 aliphatic carbocycles. The Kier molecular flexibility index (Phi) is 2.74. The maximum Gasteiger partial charge on any atom is 0.0807 e. The molecule has 0 amide bonds. The second-order valence-electron chi connectivity index (χ2n) is 5.20. The summed E-state index contributed by atoms with van der Waals surface area (Å²) in [4.78, 5) is 0. The van der Waals surface area contributed by atoms with Gasteiger partial charge in [-0.1, -0.05) is 0 Å². The maximum atomic E-state index is 10.0. The average molecular weight is 245 g/mol. The minimum absolute atomic E-state index is 0.279. The van der Waals surface area contributed by atoms with E-state index in [1.165, 1.54) is 17.0 Å². The van der Waals surface area contributed by atoms with Crippen molar-refractivity contribution in [2.75, 3.05) is 0 Å². The van der Waals surface area contributed by atoms with Crippen LogP contribution in [0.15, 0.2) is 12.3 Å². The zero-order chi connectivity index (χ0) is 12.7. The quantitative estimate of drug-likeness (QED) is 0.852. The summed E-state index contributed by atoms with van der Waals surface area (Å²) in [5.74, 6) is 0. The molecule has 0 radical (unpaired) electrons. The van der Waals surface area contributed by atoms with Gasteiger partial charge in [-0.25, -0.2) is 0 Å². The topological polar surface area (TPSA) is 53.8 Å². The Labute approximate surface area is 107 Å². The third-order valence-corrected chi connectivity index (χ3v) is 3.96. The van der Waals surface area contributed by atoms with Crippen molar-refractivity contribution in [3.63, 3.8) is 0 Å². The molecular formula is C14H19N3O. The minimum atomic E-state index is -0.279. The second kappa shape index (κ2) is 4.28. The molecule has 2 aromatic heterocycles. The van der Waals surface area contributed by atoms with Crippen LogP contribution in [-0.4, -0.2) is 19.9 Å². The highest BCUT2D eigenvalue weighted by Gasteiger charge is 2.23. The molecule has 0 saturated heterocycles. The van der Waals surface area contributed by atoms with Crippen LogP contribution in [0.5, 0.6) is 0 Å². The summed E-state index contributed by atoms with van der Waals surface area (Å²) in [6.45, 7) is 5.00. The van der Waals surface area contributed by atoms with E-state index in [1.54, 1.807) is 0 Å². The molecule has 0 aromatic carbocycles. The lowest BCUT2D eigenvalue weighted by atomic mass is 9.95. The van der Waals surface area contributed by atoms with Gasteiger partial charge in [-0.15, -0.1) is 0 Å². The zero-order valence-corrected chi connectivity index (χ0v) is 10.9. The van der Waals surface area contributed by atoms with Crippen LogP contribution in [0, 0.1) is 13.8 Å². The van der Waals surface area contributed by atoms with Gasteiger partial charge in [0.2, 0.25) is 0 Å². The third-order valence-electron chi connectivity index (χ3n) is 3.96. The van der Waals surface area contributed by atoms with E-state index < -0.39 is 0 Å². The number of H-pyrrole nitrogens is 1. The lowest BCUT2D eigenvalue weighted by Gasteiger charge is -2.20. The number of hydrogen-bond donors (Lipinski definition) is 2. The predicted molar refractivity (Wildman–Crippen MR) is 69.5 cm³/mol. The van der Waals surface area contributed by atoms with Crippen molar-refractivity contribution in [1.82, 2.24) is 14.8 Å². The zero-order valence-electron chi connectivity index (χ0n) is 10.9. The summed E-state index contributed by atoms with van der Waals surface area (Å²) in [6.07, 6.45) is 4.64. The molecule has 1 atom stereocenters. The van der Waals surface area contributed by atoms with E-state index in [0.29, 0.717) is 0 Å². The van der Waals surface area contributed by atoms with E-state index in [2.05, 4.69) is 27.8 Å². The summed E-state index contributed by atoms with van der Waals surface area (Å²) in [7, 11) is 0. The Morgan fingerprint density at radius 1 is 1.50 bits per heavy atom. The molecule has 4 heteroatoms. The van der Waals surface area contributed by atoms with Crippen LogP contribution in [-0.2, 0) is 13.0 Å². The maximum absolute atomic E-state index is 10.0. The Morgan fingerprint density at radius 2 is 2.33 bits per heavy atom. The lowest BCUT2D eigenvalue weighted by molar-refractivity contribution is 0.156. The van der Waals surface area contributed by atoms with Gasteiger partial charge in [0.15, 0.2) is 0 Å². The first-order valence-electron chi connectivity index (χ1n) is 6.52. The van der Waals surface area contributed by atoms with Crippen molar-refractivity contribution in [2.45, 2.75) is 45.8 Å². The van der Waals surface area contributed by atoms with Crippen LogP contribution < -0.4 is 0 Å². The molecule has 1 aliphatic rings. The molecule has 0 fully saturated rings. The largest absolute Gasteiger partial charge is 0.388 e. The van der Waals surface area contributed by atoms with E-state index in [0.717, 1.165) is 37.1 Å². The van der Waals surface area contributed by atoms with E-state index in [4.69, 9.17) is 0 Å². The molecule has 0 spiro atoms. The molecule has 0 bridgehead atoms. The smallest absolute Gasteiger partial charge is 0.0807 e. The molecular weight excluding hydrogens is 226 g/mol. The van der Waals surface area contributed by atoms with E-state index in [1.807, 2.05) is 13.1 Å². The highest BCUT2D eigenvalue weighted by atomic mass is 16.3. The van der Waals surface area contributed by atoms with E-state index in [9.17, 15) is 5.11 Å². The van der Waals surface area contributed by atoms with Crippen molar-refractivity contribution in [1.29, 1.82) is 0 Å². The standard InChI is InChI=1S/C14H19N3O/c1-9-6-12-13(4-3-5-14(12)18)17(9)8-11-7-15-16-10(11)2/h6-7,14,18H,3-5,8H2,1-2H3,(H,15,16). The van der Waals surface area contributed by atoms with Gasteiger partial charge in [0.05, 0.1) is 18.8 Å². The van der Waals surface area contributed by atoms with Gasteiger partial charge in [0.25, 0.3) is 0 Å². The SMILES string of the molecule is Cc1[nH]ncc1Cn1c(C)cc2c1CCCC2O. The fourth-order valence-electron chi connectivity index (χ4n) is 2.87. The fourth-order valence-corrected chi connectivity index (χ4v) is 2.87. The van der Waals surface area contributed by atoms with Gasteiger partial charge in [0, 0.05) is 28.2 Å². The van der Waals surface area contributed by atoms with Crippen LogP contribution in [0.1, 0.15) is 47.2 Å². The first kappa shape index (κ1) is 11.5. The summed E-state index contributed by atoms with van der Waals surface area (Å²) in [5.41, 5.74) is 5.98. The Hall–Kier alpha value is -1.55.